The second-order valence-electron chi connectivity index (χ2n) is 6.84. The highest BCUT2D eigenvalue weighted by Crippen LogP contribution is 2.69. The Balaban J connectivity index is 1.97. The summed E-state index contributed by atoms with van der Waals surface area (Å²) in [6.07, 6.45) is 0. The van der Waals surface area contributed by atoms with Crippen LogP contribution >= 0.6 is 167 Å². The van der Waals surface area contributed by atoms with E-state index in [9.17, 15) is 23.5 Å². The van der Waals surface area contributed by atoms with E-state index >= 15 is 0 Å². The Hall–Kier alpha value is 1.91. The molecule has 0 amide bonds. The van der Waals surface area contributed by atoms with Crippen molar-refractivity contribution in [3.8, 4) is 17.2 Å². The van der Waals surface area contributed by atoms with E-state index in [1.165, 1.54) is 36.4 Å². The van der Waals surface area contributed by atoms with Crippen molar-refractivity contribution in [3.05, 3.63) is 76.7 Å². The maximum Gasteiger partial charge on any atom is 0.596 e. The zero-order valence-electron chi connectivity index (χ0n) is 18.4. The summed E-state index contributed by atoms with van der Waals surface area (Å²) in [7, 11) is -16.3. The van der Waals surface area contributed by atoms with Gasteiger partial charge in [-0.25, -0.2) is 13.7 Å². The van der Waals surface area contributed by atoms with Gasteiger partial charge in [0.2, 0.25) is 0 Å². The second kappa shape index (κ2) is 14.6. The molecular weight excluding hydrogens is 1190 g/mol. The van der Waals surface area contributed by atoms with Gasteiger partial charge in [-0.05, 0) is 180 Å². The van der Waals surface area contributed by atoms with Crippen LogP contribution in [0.4, 0.5) is 0 Å². The summed E-state index contributed by atoms with van der Waals surface area (Å²) in [5, 5.41) is 0. The molecule has 40 heavy (non-hydrogen) atoms. The lowest BCUT2D eigenvalue weighted by atomic mass is 10.3. The Kier molecular flexibility index (Phi) is 13.2. The maximum atomic E-state index is 13.8. The third-order valence-electron chi connectivity index (χ3n) is 4.04. The zero-order valence-corrected chi connectivity index (χ0v) is 35.3. The van der Waals surface area contributed by atoms with Gasteiger partial charge in [0.05, 0.1) is 13.4 Å². The van der Waals surface area contributed by atoms with Gasteiger partial charge in [-0.15, -0.1) is 0 Å². The Labute approximate surface area is 302 Å². The van der Waals surface area contributed by atoms with Crippen LogP contribution in [0.1, 0.15) is 0 Å². The molecule has 3 rings (SSSR count). The molecule has 2 atom stereocenters. The van der Waals surface area contributed by atoms with Gasteiger partial charge in [0.1, 0.15) is 17.2 Å². The summed E-state index contributed by atoms with van der Waals surface area (Å²) in [5.74, 6) is -0.542. The van der Waals surface area contributed by atoms with Crippen molar-refractivity contribution >= 4 is 167 Å². The highest BCUT2D eigenvalue weighted by molar-refractivity contribution is 9.15. The van der Waals surface area contributed by atoms with Crippen molar-refractivity contribution in [1.29, 1.82) is 0 Å². The van der Waals surface area contributed by atoms with Gasteiger partial charge >= 0.3 is 23.5 Å². The van der Waals surface area contributed by atoms with E-state index in [2.05, 4.69) is 148 Å². The molecule has 0 heterocycles. The molecule has 0 aliphatic heterocycles. The summed E-state index contributed by atoms with van der Waals surface area (Å²) in [4.78, 5) is 20.6. The minimum Gasteiger partial charge on any atom is -0.403 e. The monoisotopic (exact) mass is 1190 g/mol. The molecule has 218 valence electrons. The molecule has 0 fully saturated rings. The Morgan fingerprint density at radius 1 is 0.450 bits per heavy atom. The first-order valence-corrected chi connectivity index (χ1v) is 21.1. The highest BCUT2D eigenvalue weighted by Gasteiger charge is 2.47. The number of rotatable bonds is 10. The van der Waals surface area contributed by atoms with Crippen LogP contribution < -0.4 is 13.6 Å². The lowest BCUT2D eigenvalue weighted by Gasteiger charge is -2.23. The lowest BCUT2D eigenvalue weighted by Crippen LogP contribution is -2.07. The molecule has 0 radical (unpaired) electrons. The molecule has 22 heteroatoms. The molecular formula is C18H8Br9O10P3. The molecule has 0 bridgehead atoms. The van der Waals surface area contributed by atoms with Crippen LogP contribution in [0.2, 0.25) is 0 Å². The quantitative estimate of drug-likeness (QED) is 0.149. The first-order valence-electron chi connectivity index (χ1n) is 9.52. The van der Waals surface area contributed by atoms with E-state index in [1.807, 2.05) is 0 Å². The van der Waals surface area contributed by atoms with Gasteiger partial charge in [0, 0.05) is 26.8 Å². The van der Waals surface area contributed by atoms with E-state index in [-0.39, 0.29) is 30.7 Å². The van der Waals surface area contributed by atoms with Gasteiger partial charge < -0.3 is 18.5 Å². The SMILES string of the molecule is O=P(O)(Oc1ccc(Br)c(Br)c1Br)OP(=O)(O)OP(=O)(Oc1ccc(Br)c(Br)c1Br)Oc1ccc(Br)c(Br)c1Br. The van der Waals surface area contributed by atoms with Crippen molar-refractivity contribution < 1.29 is 45.7 Å². The average molecular weight is 1200 g/mol. The number of phosphoric acid groups is 3. The molecule has 0 saturated heterocycles. The Bertz CT molecular complexity index is 1560. The first kappa shape index (κ1) is 36.4. The largest absolute Gasteiger partial charge is 0.596 e. The summed E-state index contributed by atoms with van der Waals surface area (Å²) >= 11 is 29.3. The molecule has 3 aromatic carbocycles. The van der Waals surface area contributed by atoms with Gasteiger partial charge in [0.25, 0.3) is 0 Å². The molecule has 0 saturated carbocycles. The number of halogens is 9. The van der Waals surface area contributed by atoms with Crippen LogP contribution in [0.5, 0.6) is 17.2 Å². The lowest BCUT2D eigenvalue weighted by molar-refractivity contribution is 0.211. The number of phosphoric ester groups is 2. The van der Waals surface area contributed by atoms with E-state index in [4.69, 9.17) is 17.9 Å². The van der Waals surface area contributed by atoms with Crippen LogP contribution in [-0.4, -0.2) is 9.79 Å². The normalized spacial score (nSPS) is 14.8. The van der Waals surface area contributed by atoms with Crippen LogP contribution in [0.3, 0.4) is 0 Å². The van der Waals surface area contributed by atoms with Gasteiger partial charge in [-0.2, -0.15) is 8.62 Å². The van der Waals surface area contributed by atoms with Crippen LogP contribution in [0.15, 0.2) is 76.7 Å². The molecule has 2 N–H and O–H groups in total. The standard InChI is InChI=1S/C18H8Br9O10P3/c19-7-1-4-10(16(25)13(7)22)33-38(28,29)36-39(30,31)37-40(32,34-11-5-2-8(20)14(23)17(11)26)35-12-6-3-9(21)15(24)18(12)27/h1-6H,(H,28,29)(H,30,31). The number of benzene rings is 3. The summed E-state index contributed by atoms with van der Waals surface area (Å²) in [6.45, 7) is 0. The predicted molar refractivity (Wildman–Crippen MR) is 180 cm³/mol. The minimum absolute atomic E-state index is 0.155. The highest BCUT2D eigenvalue weighted by atomic mass is 79.9. The van der Waals surface area contributed by atoms with E-state index in [0.717, 1.165) is 0 Å². The molecule has 0 aliphatic rings. The third-order valence-corrected chi connectivity index (χ3v) is 18.6. The predicted octanol–water partition coefficient (Wildman–Crippen LogP) is 12.4. The van der Waals surface area contributed by atoms with E-state index in [0.29, 0.717) is 26.8 Å². The van der Waals surface area contributed by atoms with E-state index < -0.39 is 23.5 Å². The number of hydrogen-bond donors (Lipinski definition) is 2. The smallest absolute Gasteiger partial charge is 0.403 e. The Morgan fingerprint density at radius 3 is 1.12 bits per heavy atom. The minimum atomic E-state index is -5.72. The van der Waals surface area contributed by atoms with Crippen molar-refractivity contribution in [2.45, 2.75) is 0 Å². The molecule has 2 unspecified atom stereocenters. The summed E-state index contributed by atoms with van der Waals surface area (Å²) in [6, 6.07) is 8.46. The van der Waals surface area contributed by atoms with Crippen molar-refractivity contribution in [1.82, 2.24) is 0 Å². The van der Waals surface area contributed by atoms with Crippen molar-refractivity contribution in [2.75, 3.05) is 0 Å². The summed E-state index contributed by atoms with van der Waals surface area (Å²) in [5.41, 5.74) is 0. The third kappa shape index (κ3) is 9.46. The van der Waals surface area contributed by atoms with Crippen molar-refractivity contribution in [2.24, 2.45) is 0 Å². The second-order valence-corrected chi connectivity index (χ2v) is 18.8. The topological polar surface area (TPSA) is 138 Å². The average Bonchev–Trinajstić information content (AvgIpc) is 2.84. The van der Waals surface area contributed by atoms with E-state index in [1.54, 1.807) is 0 Å². The first-order chi connectivity index (χ1) is 18.3. The van der Waals surface area contributed by atoms with Crippen LogP contribution in [0, 0.1) is 0 Å². The van der Waals surface area contributed by atoms with Crippen molar-refractivity contribution in [3.63, 3.8) is 0 Å². The molecule has 0 spiro atoms. The molecule has 0 aromatic heterocycles. The van der Waals surface area contributed by atoms with Gasteiger partial charge in [-0.3, -0.25) is 4.89 Å². The Morgan fingerprint density at radius 2 is 0.775 bits per heavy atom. The van der Waals surface area contributed by atoms with Gasteiger partial charge in [-0.1, -0.05) is 0 Å². The maximum absolute atomic E-state index is 13.8. The fourth-order valence-electron chi connectivity index (χ4n) is 2.44. The van der Waals surface area contributed by atoms with Crippen LogP contribution in [0.25, 0.3) is 0 Å². The fourth-order valence-corrected chi connectivity index (χ4v) is 10.9. The number of hydrogen-bond acceptors (Lipinski definition) is 8. The molecule has 10 nitrogen and oxygen atoms in total. The molecule has 3 aromatic rings. The van der Waals surface area contributed by atoms with Crippen LogP contribution in [-0.2, 0) is 22.3 Å². The summed E-state index contributed by atoms with van der Waals surface area (Å²) < 4.78 is 68.1. The van der Waals surface area contributed by atoms with Gasteiger partial charge in [0.15, 0.2) is 0 Å². The fraction of sp³-hybridized carbons (Fsp3) is 0. The molecule has 0 aliphatic carbocycles. The zero-order chi connectivity index (χ0) is 30.2.